The van der Waals surface area contributed by atoms with Gasteiger partial charge < -0.3 is 15.2 Å². The summed E-state index contributed by atoms with van der Waals surface area (Å²) < 4.78 is 1.27. The molecule has 5 nitrogen and oxygen atoms in total. The van der Waals surface area contributed by atoms with E-state index in [1.165, 1.54) is 17.5 Å². The molecule has 1 aliphatic rings. The minimum atomic E-state index is 0.492. The molecule has 1 saturated heterocycles. The SMILES string of the molecule is c1ccc2sc(N3CCCC(NCc4ncc[nH]4)C3)nc2c1. The highest BCUT2D eigenvalue weighted by atomic mass is 32.1. The summed E-state index contributed by atoms with van der Waals surface area (Å²) in [4.78, 5) is 14.6. The summed E-state index contributed by atoms with van der Waals surface area (Å²) in [5.74, 6) is 0.997. The largest absolute Gasteiger partial charge is 0.348 e. The first-order chi connectivity index (χ1) is 10.9. The molecule has 0 spiro atoms. The highest BCUT2D eigenvalue weighted by Gasteiger charge is 2.22. The Morgan fingerprint density at radius 2 is 2.32 bits per heavy atom. The molecule has 1 aliphatic heterocycles. The number of nitrogens with zero attached hydrogens (tertiary/aromatic N) is 3. The van der Waals surface area contributed by atoms with Gasteiger partial charge in [0.15, 0.2) is 5.13 Å². The molecule has 1 atom stereocenters. The molecular weight excluding hydrogens is 294 g/mol. The monoisotopic (exact) mass is 313 g/mol. The predicted octanol–water partition coefficient (Wildman–Crippen LogP) is 2.78. The molecule has 0 amide bonds. The average Bonchev–Trinajstić information content (AvgIpc) is 3.22. The van der Waals surface area contributed by atoms with Crippen molar-refractivity contribution in [3.8, 4) is 0 Å². The molecule has 1 fully saturated rings. The molecule has 1 aromatic carbocycles. The zero-order valence-electron chi connectivity index (χ0n) is 12.3. The lowest BCUT2D eigenvalue weighted by Gasteiger charge is -2.32. The number of benzene rings is 1. The maximum atomic E-state index is 4.78. The molecule has 4 rings (SSSR count). The second-order valence-corrected chi connectivity index (χ2v) is 6.68. The number of thiazole rings is 1. The van der Waals surface area contributed by atoms with Gasteiger partial charge in [-0.1, -0.05) is 23.5 Å². The Bertz CT molecular complexity index is 703. The summed E-state index contributed by atoms with van der Waals surface area (Å²) in [5, 5.41) is 4.74. The van der Waals surface area contributed by atoms with Crippen LogP contribution in [0.4, 0.5) is 5.13 Å². The van der Waals surface area contributed by atoms with Crippen LogP contribution in [-0.4, -0.2) is 34.1 Å². The third-order valence-corrected chi connectivity index (χ3v) is 5.18. The van der Waals surface area contributed by atoms with E-state index >= 15 is 0 Å². The third kappa shape index (κ3) is 2.84. The quantitative estimate of drug-likeness (QED) is 0.777. The van der Waals surface area contributed by atoms with Crippen LogP contribution in [0.5, 0.6) is 0 Å². The van der Waals surface area contributed by atoms with Gasteiger partial charge in [-0.2, -0.15) is 0 Å². The van der Waals surface area contributed by atoms with E-state index < -0.39 is 0 Å². The number of piperidine rings is 1. The maximum absolute atomic E-state index is 4.78. The topological polar surface area (TPSA) is 56.8 Å². The van der Waals surface area contributed by atoms with Gasteiger partial charge in [0.1, 0.15) is 5.82 Å². The van der Waals surface area contributed by atoms with Crippen LogP contribution in [0.3, 0.4) is 0 Å². The molecule has 114 valence electrons. The smallest absolute Gasteiger partial charge is 0.186 e. The molecule has 22 heavy (non-hydrogen) atoms. The molecular formula is C16H19N5S. The first-order valence-corrected chi connectivity index (χ1v) is 8.52. The number of anilines is 1. The number of rotatable bonds is 4. The van der Waals surface area contributed by atoms with Gasteiger partial charge >= 0.3 is 0 Å². The highest BCUT2D eigenvalue weighted by Crippen LogP contribution is 2.30. The van der Waals surface area contributed by atoms with Gasteiger partial charge in [0, 0.05) is 31.5 Å². The summed E-state index contributed by atoms with van der Waals surface area (Å²) in [6, 6.07) is 8.86. The van der Waals surface area contributed by atoms with Crippen LogP contribution in [0, 0.1) is 0 Å². The molecule has 0 radical (unpaired) electrons. The first-order valence-electron chi connectivity index (χ1n) is 7.70. The van der Waals surface area contributed by atoms with Crippen LogP contribution in [-0.2, 0) is 6.54 Å². The highest BCUT2D eigenvalue weighted by molar-refractivity contribution is 7.22. The minimum absolute atomic E-state index is 0.492. The molecule has 1 unspecified atom stereocenters. The van der Waals surface area contributed by atoms with Gasteiger partial charge in [-0.25, -0.2) is 9.97 Å². The summed E-state index contributed by atoms with van der Waals surface area (Å²) >= 11 is 1.79. The van der Waals surface area contributed by atoms with Crippen molar-refractivity contribution in [2.45, 2.75) is 25.4 Å². The van der Waals surface area contributed by atoms with E-state index in [-0.39, 0.29) is 0 Å². The lowest BCUT2D eigenvalue weighted by Crippen LogP contribution is -2.45. The number of para-hydroxylation sites is 1. The van der Waals surface area contributed by atoms with E-state index in [1.807, 2.05) is 6.20 Å². The Kier molecular flexibility index (Phi) is 3.78. The van der Waals surface area contributed by atoms with Crippen molar-refractivity contribution in [3.05, 3.63) is 42.5 Å². The number of hydrogen-bond donors (Lipinski definition) is 2. The van der Waals surface area contributed by atoms with E-state index in [2.05, 4.69) is 44.5 Å². The first kappa shape index (κ1) is 13.7. The zero-order valence-corrected chi connectivity index (χ0v) is 13.1. The Morgan fingerprint density at radius 1 is 1.36 bits per heavy atom. The second kappa shape index (κ2) is 6.06. The maximum Gasteiger partial charge on any atom is 0.186 e. The Hall–Kier alpha value is -1.92. The summed E-state index contributed by atoms with van der Waals surface area (Å²) in [6.45, 7) is 2.91. The van der Waals surface area contributed by atoms with Crippen molar-refractivity contribution in [1.29, 1.82) is 0 Å². The number of H-pyrrole nitrogens is 1. The molecule has 3 aromatic rings. The van der Waals surface area contributed by atoms with Crippen LogP contribution in [0.25, 0.3) is 10.2 Å². The number of imidazole rings is 1. The molecule has 0 saturated carbocycles. The number of aromatic nitrogens is 3. The molecule has 6 heteroatoms. The molecule has 2 aromatic heterocycles. The van der Waals surface area contributed by atoms with Crippen LogP contribution >= 0.6 is 11.3 Å². The van der Waals surface area contributed by atoms with Crippen molar-refractivity contribution in [1.82, 2.24) is 20.3 Å². The molecule has 2 N–H and O–H groups in total. The standard InChI is InChI=1S/C16H19N5S/c1-2-6-14-13(5-1)20-16(22-14)21-9-3-4-12(11-21)19-10-15-17-7-8-18-15/h1-2,5-8,12,19H,3-4,9-11H2,(H,17,18). The number of fused-ring (bicyclic) bond motifs is 1. The number of aromatic amines is 1. The zero-order chi connectivity index (χ0) is 14.8. The van der Waals surface area contributed by atoms with E-state index in [0.29, 0.717) is 6.04 Å². The van der Waals surface area contributed by atoms with E-state index in [1.54, 1.807) is 17.5 Å². The van der Waals surface area contributed by atoms with Crippen LogP contribution < -0.4 is 10.2 Å². The fourth-order valence-electron chi connectivity index (χ4n) is 2.95. The molecule has 0 bridgehead atoms. The van der Waals surface area contributed by atoms with Crippen molar-refractivity contribution in [3.63, 3.8) is 0 Å². The summed E-state index contributed by atoms with van der Waals surface area (Å²) in [6.07, 6.45) is 6.07. The lowest BCUT2D eigenvalue weighted by atomic mass is 10.1. The second-order valence-electron chi connectivity index (χ2n) is 5.67. The van der Waals surface area contributed by atoms with Crippen molar-refractivity contribution in [2.24, 2.45) is 0 Å². The van der Waals surface area contributed by atoms with E-state index in [9.17, 15) is 0 Å². The Labute approximate surface area is 133 Å². The molecule has 3 heterocycles. The van der Waals surface area contributed by atoms with E-state index in [4.69, 9.17) is 4.98 Å². The number of nitrogens with one attached hydrogen (secondary N) is 2. The van der Waals surface area contributed by atoms with E-state index in [0.717, 1.165) is 36.1 Å². The fraction of sp³-hybridized carbons (Fsp3) is 0.375. The van der Waals surface area contributed by atoms with Gasteiger partial charge in [-0.05, 0) is 25.0 Å². The normalized spacial score (nSPS) is 18.9. The van der Waals surface area contributed by atoms with Gasteiger partial charge in [0.25, 0.3) is 0 Å². The fourth-order valence-corrected chi connectivity index (χ4v) is 3.95. The van der Waals surface area contributed by atoms with Gasteiger partial charge in [0.05, 0.1) is 16.8 Å². The van der Waals surface area contributed by atoms with Crippen LogP contribution in [0.15, 0.2) is 36.7 Å². The van der Waals surface area contributed by atoms with Crippen molar-refractivity contribution >= 4 is 26.7 Å². The Morgan fingerprint density at radius 3 is 3.18 bits per heavy atom. The molecule has 0 aliphatic carbocycles. The minimum Gasteiger partial charge on any atom is -0.348 e. The van der Waals surface area contributed by atoms with Crippen LogP contribution in [0.2, 0.25) is 0 Å². The van der Waals surface area contributed by atoms with Gasteiger partial charge in [-0.15, -0.1) is 0 Å². The third-order valence-electron chi connectivity index (χ3n) is 4.09. The summed E-state index contributed by atoms with van der Waals surface area (Å²) in [5.41, 5.74) is 1.10. The van der Waals surface area contributed by atoms with Crippen LogP contribution in [0.1, 0.15) is 18.7 Å². The summed E-state index contributed by atoms with van der Waals surface area (Å²) in [7, 11) is 0. The van der Waals surface area contributed by atoms with Crippen molar-refractivity contribution in [2.75, 3.05) is 18.0 Å². The Balaban J connectivity index is 1.43. The van der Waals surface area contributed by atoms with Crippen molar-refractivity contribution < 1.29 is 0 Å². The average molecular weight is 313 g/mol. The van der Waals surface area contributed by atoms with Gasteiger partial charge in [-0.3, -0.25) is 0 Å². The lowest BCUT2D eigenvalue weighted by molar-refractivity contribution is 0.418. The predicted molar refractivity (Wildman–Crippen MR) is 90.3 cm³/mol. The number of hydrogen-bond acceptors (Lipinski definition) is 5. The van der Waals surface area contributed by atoms with Gasteiger partial charge in [0.2, 0.25) is 0 Å².